The Kier molecular flexibility index (Phi) is 4.78. The Labute approximate surface area is 91.3 Å². The lowest BCUT2D eigenvalue weighted by Crippen LogP contribution is -2.36. The van der Waals surface area contributed by atoms with Crippen LogP contribution in [0.25, 0.3) is 0 Å². The number of aliphatic hydroxyl groups is 1. The van der Waals surface area contributed by atoms with Crippen LogP contribution in [0.1, 0.15) is 5.56 Å². The molecule has 0 aliphatic rings. The van der Waals surface area contributed by atoms with Crippen molar-refractivity contribution in [1.82, 2.24) is 10.3 Å². The minimum atomic E-state index is -2.85. The van der Waals surface area contributed by atoms with Gasteiger partial charge in [-0.25, -0.2) is 8.78 Å². The zero-order chi connectivity index (χ0) is 12.0. The first-order valence-electron chi connectivity index (χ1n) is 4.71. The average molecular weight is 230 g/mol. The van der Waals surface area contributed by atoms with Crippen LogP contribution >= 0.6 is 0 Å². The summed E-state index contributed by atoms with van der Waals surface area (Å²) in [4.78, 5) is 15.1. The molecule has 6 heteroatoms. The number of carbonyl (C=O) groups is 1. The number of hydrogen-bond donors (Lipinski definition) is 2. The third kappa shape index (κ3) is 4.31. The lowest BCUT2D eigenvalue weighted by Gasteiger charge is -2.10. The lowest BCUT2D eigenvalue weighted by molar-refractivity contribution is -0.121. The van der Waals surface area contributed by atoms with Crippen molar-refractivity contribution in [1.29, 1.82) is 0 Å². The average Bonchev–Trinajstić information content (AvgIpc) is 2.27. The molecule has 1 amide bonds. The molecule has 0 fully saturated rings. The number of carbonyl (C=O) groups excluding carboxylic acids is 1. The van der Waals surface area contributed by atoms with Crippen molar-refractivity contribution in [2.75, 3.05) is 6.54 Å². The Balaban J connectivity index is 2.32. The van der Waals surface area contributed by atoms with Crippen LogP contribution in [-0.4, -0.2) is 35.1 Å². The molecule has 1 rings (SSSR count). The first-order valence-corrected chi connectivity index (χ1v) is 4.71. The van der Waals surface area contributed by atoms with E-state index in [2.05, 4.69) is 10.3 Å². The van der Waals surface area contributed by atoms with Crippen LogP contribution in [0.4, 0.5) is 8.78 Å². The van der Waals surface area contributed by atoms with E-state index in [1.807, 2.05) is 0 Å². The summed E-state index contributed by atoms with van der Waals surface area (Å²) in [5.41, 5.74) is 0.687. The largest absolute Gasteiger partial charge is 0.385 e. The van der Waals surface area contributed by atoms with Gasteiger partial charge in [-0.1, -0.05) is 6.07 Å². The molecule has 1 atom stereocenters. The summed E-state index contributed by atoms with van der Waals surface area (Å²) in [5.74, 6) is -0.423. The monoisotopic (exact) mass is 230 g/mol. The van der Waals surface area contributed by atoms with E-state index >= 15 is 0 Å². The molecule has 0 spiro atoms. The normalized spacial score (nSPS) is 12.5. The van der Waals surface area contributed by atoms with Crippen molar-refractivity contribution >= 4 is 5.91 Å². The van der Waals surface area contributed by atoms with Crippen molar-refractivity contribution in [2.45, 2.75) is 19.0 Å². The molecule has 1 heterocycles. The summed E-state index contributed by atoms with van der Waals surface area (Å²) in [6.45, 7) is -0.448. The van der Waals surface area contributed by atoms with Crippen LogP contribution in [0, 0.1) is 0 Å². The van der Waals surface area contributed by atoms with Crippen LogP contribution in [0.3, 0.4) is 0 Å². The molecule has 1 aromatic rings. The molecular weight excluding hydrogens is 218 g/mol. The van der Waals surface area contributed by atoms with E-state index in [0.29, 0.717) is 5.56 Å². The van der Waals surface area contributed by atoms with E-state index in [1.165, 1.54) is 6.20 Å². The smallest absolute Gasteiger partial charge is 0.265 e. The maximum Gasteiger partial charge on any atom is 0.265 e. The minimum Gasteiger partial charge on any atom is -0.385 e. The molecule has 0 aliphatic carbocycles. The zero-order valence-corrected chi connectivity index (χ0v) is 8.44. The number of hydrogen-bond acceptors (Lipinski definition) is 3. The SMILES string of the molecule is O=C(Cc1cccnc1)NCC(O)C(F)F. The summed E-state index contributed by atoms with van der Waals surface area (Å²) >= 11 is 0. The third-order valence-electron chi connectivity index (χ3n) is 1.89. The molecular formula is C10H12F2N2O2. The van der Waals surface area contributed by atoms with Gasteiger partial charge in [-0.3, -0.25) is 9.78 Å². The molecule has 2 N–H and O–H groups in total. The Morgan fingerprint density at radius 2 is 2.31 bits per heavy atom. The number of nitrogens with one attached hydrogen (secondary N) is 1. The third-order valence-corrected chi connectivity index (χ3v) is 1.89. The van der Waals surface area contributed by atoms with Crippen molar-refractivity contribution < 1.29 is 18.7 Å². The molecule has 1 aromatic heterocycles. The second-order valence-corrected chi connectivity index (χ2v) is 3.24. The van der Waals surface area contributed by atoms with Crippen LogP contribution in [0.2, 0.25) is 0 Å². The number of pyridine rings is 1. The molecule has 0 radical (unpaired) electrons. The van der Waals surface area contributed by atoms with E-state index in [-0.39, 0.29) is 6.42 Å². The summed E-state index contributed by atoms with van der Waals surface area (Å²) in [6, 6.07) is 3.38. The highest BCUT2D eigenvalue weighted by molar-refractivity contribution is 5.78. The number of amides is 1. The lowest BCUT2D eigenvalue weighted by atomic mass is 10.2. The van der Waals surface area contributed by atoms with Gasteiger partial charge in [0.2, 0.25) is 5.91 Å². The fourth-order valence-corrected chi connectivity index (χ4v) is 1.06. The Hall–Kier alpha value is -1.56. The van der Waals surface area contributed by atoms with Crippen molar-refractivity contribution in [3.8, 4) is 0 Å². The molecule has 0 aromatic carbocycles. The molecule has 0 saturated heterocycles. The van der Waals surface area contributed by atoms with E-state index in [1.54, 1.807) is 18.3 Å². The Morgan fingerprint density at radius 3 is 2.88 bits per heavy atom. The van der Waals surface area contributed by atoms with Gasteiger partial charge in [-0.2, -0.15) is 0 Å². The van der Waals surface area contributed by atoms with Gasteiger partial charge in [0.05, 0.1) is 6.42 Å². The van der Waals surface area contributed by atoms with Crippen molar-refractivity contribution in [2.24, 2.45) is 0 Å². The number of aliphatic hydroxyl groups excluding tert-OH is 1. The van der Waals surface area contributed by atoms with Gasteiger partial charge in [0.25, 0.3) is 6.43 Å². The highest BCUT2D eigenvalue weighted by atomic mass is 19.3. The molecule has 4 nitrogen and oxygen atoms in total. The van der Waals surface area contributed by atoms with Gasteiger partial charge in [0, 0.05) is 18.9 Å². The standard InChI is InChI=1S/C10H12F2N2O2/c11-10(12)8(15)6-14-9(16)4-7-2-1-3-13-5-7/h1-3,5,8,10,15H,4,6H2,(H,14,16). The first kappa shape index (κ1) is 12.5. The minimum absolute atomic E-state index is 0.0593. The highest BCUT2D eigenvalue weighted by Gasteiger charge is 2.17. The van der Waals surface area contributed by atoms with Gasteiger partial charge in [0.15, 0.2) is 0 Å². The molecule has 88 valence electrons. The second kappa shape index (κ2) is 6.12. The van der Waals surface area contributed by atoms with Crippen molar-refractivity contribution in [3.63, 3.8) is 0 Å². The molecule has 16 heavy (non-hydrogen) atoms. The van der Waals surface area contributed by atoms with Gasteiger partial charge in [-0.05, 0) is 11.6 Å². The van der Waals surface area contributed by atoms with E-state index in [0.717, 1.165) is 0 Å². The van der Waals surface area contributed by atoms with Crippen LogP contribution < -0.4 is 5.32 Å². The predicted molar refractivity (Wildman–Crippen MR) is 53.0 cm³/mol. The fraction of sp³-hybridized carbons (Fsp3) is 0.400. The Morgan fingerprint density at radius 1 is 1.56 bits per heavy atom. The molecule has 1 unspecified atom stereocenters. The van der Waals surface area contributed by atoms with E-state index in [4.69, 9.17) is 5.11 Å². The van der Waals surface area contributed by atoms with Crippen LogP contribution in [-0.2, 0) is 11.2 Å². The van der Waals surface area contributed by atoms with Gasteiger partial charge >= 0.3 is 0 Å². The summed E-state index contributed by atoms with van der Waals surface area (Å²) < 4.78 is 23.8. The molecule has 0 bridgehead atoms. The van der Waals surface area contributed by atoms with Crippen molar-refractivity contribution in [3.05, 3.63) is 30.1 Å². The second-order valence-electron chi connectivity index (χ2n) is 3.24. The summed E-state index contributed by atoms with van der Waals surface area (Å²) in [6.07, 6.45) is -1.52. The number of rotatable bonds is 5. The van der Waals surface area contributed by atoms with Gasteiger partial charge in [0.1, 0.15) is 6.10 Å². The first-order chi connectivity index (χ1) is 7.59. The maximum atomic E-state index is 11.9. The highest BCUT2D eigenvalue weighted by Crippen LogP contribution is 2.00. The van der Waals surface area contributed by atoms with Gasteiger partial charge < -0.3 is 10.4 Å². The molecule has 0 aliphatic heterocycles. The summed E-state index contributed by atoms with van der Waals surface area (Å²) in [5, 5.41) is 11.0. The number of halogens is 2. The van der Waals surface area contributed by atoms with Gasteiger partial charge in [-0.15, -0.1) is 0 Å². The van der Waals surface area contributed by atoms with Crippen LogP contribution in [0.5, 0.6) is 0 Å². The number of aromatic nitrogens is 1. The predicted octanol–water partition coefficient (Wildman–Crippen LogP) is 0.366. The fourth-order valence-electron chi connectivity index (χ4n) is 1.06. The topological polar surface area (TPSA) is 62.2 Å². The zero-order valence-electron chi connectivity index (χ0n) is 8.44. The number of alkyl halides is 2. The van der Waals surface area contributed by atoms with E-state index in [9.17, 15) is 13.6 Å². The maximum absolute atomic E-state index is 11.9. The van der Waals surface area contributed by atoms with E-state index < -0.39 is 25.0 Å². The molecule has 0 saturated carbocycles. The van der Waals surface area contributed by atoms with Crippen LogP contribution in [0.15, 0.2) is 24.5 Å². The quantitative estimate of drug-likeness (QED) is 0.768. The Bertz CT molecular complexity index is 333. The summed E-state index contributed by atoms with van der Waals surface area (Å²) in [7, 11) is 0. The number of nitrogens with zero attached hydrogens (tertiary/aromatic N) is 1.